The van der Waals surface area contributed by atoms with Crippen LogP contribution in [-0.2, 0) is 4.79 Å². The van der Waals surface area contributed by atoms with Crippen LogP contribution < -0.4 is 24.8 Å². The number of nitrogens with one attached hydrogen (secondary N) is 2. The van der Waals surface area contributed by atoms with E-state index in [1.165, 1.54) is 21.3 Å². The van der Waals surface area contributed by atoms with Gasteiger partial charge in [-0.05, 0) is 25.5 Å². The molecule has 1 rings (SSSR count). The zero-order chi connectivity index (χ0) is 19.5. The number of hydrogen-bond donors (Lipinski definition) is 2. The van der Waals surface area contributed by atoms with Gasteiger partial charge in [-0.2, -0.15) is 0 Å². The van der Waals surface area contributed by atoms with Gasteiger partial charge < -0.3 is 24.8 Å². The van der Waals surface area contributed by atoms with Crippen molar-refractivity contribution in [3.05, 3.63) is 17.7 Å². The molecular formula is C19H30N2O5. The van der Waals surface area contributed by atoms with Gasteiger partial charge in [0.2, 0.25) is 11.7 Å². The molecule has 0 radical (unpaired) electrons. The monoisotopic (exact) mass is 366 g/mol. The van der Waals surface area contributed by atoms with Crippen molar-refractivity contribution >= 4 is 11.8 Å². The Bertz CT molecular complexity index is 579. The molecule has 7 heteroatoms. The van der Waals surface area contributed by atoms with E-state index in [-0.39, 0.29) is 5.91 Å². The summed E-state index contributed by atoms with van der Waals surface area (Å²) in [5.41, 5.74) is 0.321. The fourth-order valence-corrected chi connectivity index (χ4v) is 2.47. The van der Waals surface area contributed by atoms with Crippen LogP contribution in [0.2, 0.25) is 0 Å². The number of amides is 2. The second-order valence-corrected chi connectivity index (χ2v) is 5.96. The van der Waals surface area contributed by atoms with E-state index in [0.717, 1.165) is 25.7 Å². The zero-order valence-corrected chi connectivity index (χ0v) is 16.3. The number of hydrogen-bond acceptors (Lipinski definition) is 5. The first-order valence-electron chi connectivity index (χ1n) is 8.87. The molecule has 0 aliphatic rings. The van der Waals surface area contributed by atoms with Gasteiger partial charge in [-0.25, -0.2) is 0 Å². The van der Waals surface area contributed by atoms with Gasteiger partial charge in [0.25, 0.3) is 5.91 Å². The Hall–Kier alpha value is -2.44. The lowest BCUT2D eigenvalue weighted by Crippen LogP contribution is -2.45. The summed E-state index contributed by atoms with van der Waals surface area (Å²) in [5, 5.41) is 5.52. The number of benzene rings is 1. The molecule has 1 aromatic rings. The molecule has 0 fully saturated rings. The molecule has 1 unspecified atom stereocenters. The summed E-state index contributed by atoms with van der Waals surface area (Å²) < 4.78 is 15.7. The molecule has 0 saturated heterocycles. The highest BCUT2D eigenvalue weighted by molar-refractivity contribution is 5.98. The fourth-order valence-electron chi connectivity index (χ4n) is 2.47. The molecule has 0 bridgehead atoms. The van der Waals surface area contributed by atoms with E-state index in [2.05, 4.69) is 17.6 Å². The van der Waals surface area contributed by atoms with Crippen molar-refractivity contribution in [3.63, 3.8) is 0 Å². The minimum absolute atomic E-state index is 0.206. The first kappa shape index (κ1) is 21.6. The van der Waals surface area contributed by atoms with Crippen LogP contribution in [0.25, 0.3) is 0 Å². The first-order valence-corrected chi connectivity index (χ1v) is 8.87. The molecule has 0 aliphatic carbocycles. The normalized spacial score (nSPS) is 11.4. The number of ether oxygens (including phenoxy) is 3. The van der Waals surface area contributed by atoms with E-state index in [0.29, 0.717) is 29.4 Å². The number of methoxy groups -OCH3 is 3. The van der Waals surface area contributed by atoms with Gasteiger partial charge in [0.1, 0.15) is 6.04 Å². The van der Waals surface area contributed by atoms with E-state index in [9.17, 15) is 9.59 Å². The third-order valence-corrected chi connectivity index (χ3v) is 4.00. The largest absolute Gasteiger partial charge is 0.493 e. The molecule has 0 aliphatic heterocycles. The van der Waals surface area contributed by atoms with Crippen molar-refractivity contribution in [3.8, 4) is 17.2 Å². The maximum Gasteiger partial charge on any atom is 0.252 e. The summed E-state index contributed by atoms with van der Waals surface area (Å²) >= 11 is 0. The predicted molar refractivity (Wildman–Crippen MR) is 100 cm³/mol. The number of rotatable bonds is 11. The van der Waals surface area contributed by atoms with Crippen LogP contribution in [0.4, 0.5) is 0 Å². The molecule has 26 heavy (non-hydrogen) atoms. The molecule has 0 saturated carbocycles. The van der Waals surface area contributed by atoms with Crippen LogP contribution >= 0.6 is 0 Å². The van der Waals surface area contributed by atoms with Crippen molar-refractivity contribution in [1.29, 1.82) is 0 Å². The Morgan fingerprint density at radius 3 is 2.12 bits per heavy atom. The summed E-state index contributed by atoms with van der Waals surface area (Å²) in [6.45, 7) is 4.40. The highest BCUT2D eigenvalue weighted by Gasteiger charge is 2.20. The van der Waals surface area contributed by atoms with Gasteiger partial charge in [0.15, 0.2) is 11.5 Å². The Morgan fingerprint density at radius 2 is 1.62 bits per heavy atom. The van der Waals surface area contributed by atoms with Crippen LogP contribution in [0.3, 0.4) is 0 Å². The van der Waals surface area contributed by atoms with E-state index < -0.39 is 11.9 Å². The number of carbonyl (C=O) groups excluding carboxylic acids is 2. The summed E-state index contributed by atoms with van der Waals surface area (Å²) in [4.78, 5) is 24.6. The standard InChI is InChI=1S/C19H30N2O5/c1-6-7-8-9-10-20-18(22)13(2)21-19(23)14-11-15(24-3)17(26-5)16(12-14)25-4/h11-13H,6-10H2,1-5H3,(H,20,22)(H,21,23). The highest BCUT2D eigenvalue weighted by Crippen LogP contribution is 2.38. The number of carbonyl (C=O) groups is 2. The summed E-state index contributed by atoms with van der Waals surface area (Å²) in [6, 6.07) is 2.45. The maximum absolute atomic E-state index is 12.5. The topological polar surface area (TPSA) is 85.9 Å². The molecule has 0 spiro atoms. The van der Waals surface area contributed by atoms with Crippen molar-refractivity contribution in [1.82, 2.24) is 10.6 Å². The molecule has 1 aromatic carbocycles. The van der Waals surface area contributed by atoms with E-state index >= 15 is 0 Å². The Morgan fingerprint density at radius 1 is 1.00 bits per heavy atom. The third kappa shape index (κ3) is 6.13. The van der Waals surface area contributed by atoms with Crippen LogP contribution in [0.5, 0.6) is 17.2 Å². The molecule has 0 aromatic heterocycles. The molecule has 2 amide bonds. The molecule has 7 nitrogen and oxygen atoms in total. The van der Waals surface area contributed by atoms with Gasteiger partial charge in [-0.15, -0.1) is 0 Å². The Labute approximate surface area is 155 Å². The van der Waals surface area contributed by atoms with Gasteiger partial charge in [0.05, 0.1) is 21.3 Å². The lowest BCUT2D eigenvalue weighted by atomic mass is 10.1. The van der Waals surface area contributed by atoms with E-state index in [1.54, 1.807) is 19.1 Å². The second kappa shape index (κ2) is 11.2. The zero-order valence-electron chi connectivity index (χ0n) is 16.3. The molecule has 146 valence electrons. The third-order valence-electron chi connectivity index (χ3n) is 4.00. The predicted octanol–water partition coefficient (Wildman–Crippen LogP) is 2.53. The lowest BCUT2D eigenvalue weighted by Gasteiger charge is -2.16. The summed E-state index contributed by atoms with van der Waals surface area (Å²) in [7, 11) is 4.45. The molecule has 1 atom stereocenters. The molecular weight excluding hydrogens is 336 g/mol. The fraction of sp³-hybridized carbons (Fsp3) is 0.579. The lowest BCUT2D eigenvalue weighted by molar-refractivity contribution is -0.122. The van der Waals surface area contributed by atoms with Crippen LogP contribution in [0, 0.1) is 0 Å². The number of unbranched alkanes of at least 4 members (excludes halogenated alkanes) is 3. The quantitative estimate of drug-likeness (QED) is 0.588. The van der Waals surface area contributed by atoms with E-state index in [4.69, 9.17) is 14.2 Å². The molecule has 2 N–H and O–H groups in total. The Balaban J connectivity index is 2.70. The van der Waals surface area contributed by atoms with Crippen LogP contribution in [0.1, 0.15) is 49.9 Å². The van der Waals surface area contributed by atoms with Gasteiger partial charge >= 0.3 is 0 Å². The minimum Gasteiger partial charge on any atom is -0.493 e. The highest BCUT2D eigenvalue weighted by atomic mass is 16.5. The van der Waals surface area contributed by atoms with Gasteiger partial charge in [0, 0.05) is 12.1 Å². The molecule has 0 heterocycles. The minimum atomic E-state index is -0.646. The summed E-state index contributed by atoms with van der Waals surface area (Å²) in [6.07, 6.45) is 4.33. The van der Waals surface area contributed by atoms with Crippen LogP contribution in [0.15, 0.2) is 12.1 Å². The smallest absolute Gasteiger partial charge is 0.252 e. The van der Waals surface area contributed by atoms with Gasteiger partial charge in [-0.3, -0.25) is 9.59 Å². The summed E-state index contributed by atoms with van der Waals surface area (Å²) in [5.74, 6) is 0.569. The SMILES string of the molecule is CCCCCCNC(=O)C(C)NC(=O)c1cc(OC)c(OC)c(OC)c1. The van der Waals surface area contributed by atoms with Crippen molar-refractivity contribution < 1.29 is 23.8 Å². The van der Waals surface area contributed by atoms with Crippen LogP contribution in [-0.4, -0.2) is 45.7 Å². The second-order valence-electron chi connectivity index (χ2n) is 5.96. The average molecular weight is 366 g/mol. The van der Waals surface area contributed by atoms with Gasteiger partial charge in [-0.1, -0.05) is 26.2 Å². The first-order chi connectivity index (χ1) is 12.5. The van der Waals surface area contributed by atoms with Crippen molar-refractivity contribution in [2.75, 3.05) is 27.9 Å². The Kier molecular flexibility index (Phi) is 9.33. The maximum atomic E-state index is 12.5. The van der Waals surface area contributed by atoms with E-state index in [1.807, 2.05) is 0 Å². The average Bonchev–Trinajstić information content (AvgIpc) is 2.65. The van der Waals surface area contributed by atoms with Crippen molar-refractivity contribution in [2.45, 2.75) is 45.6 Å². The van der Waals surface area contributed by atoms with Crippen molar-refractivity contribution in [2.24, 2.45) is 0 Å².